The molecular weight excluding hydrogens is 240 g/mol. The molecule has 1 aromatic heterocycles. The fourth-order valence-electron chi connectivity index (χ4n) is 0.975. The highest BCUT2D eigenvalue weighted by molar-refractivity contribution is 5.24. The van der Waals surface area contributed by atoms with Crippen molar-refractivity contribution < 1.29 is 4.52 Å². The second-order valence-corrected chi connectivity index (χ2v) is 3.12. The van der Waals surface area contributed by atoms with Gasteiger partial charge in [0.2, 0.25) is 0 Å². The maximum absolute atomic E-state index is 8.87. The molecule has 0 atom stereocenters. The highest BCUT2D eigenvalue weighted by atomic mass is 16.5. The molecule has 0 bridgehead atoms. The van der Waals surface area contributed by atoms with E-state index < -0.39 is 0 Å². The Morgan fingerprint density at radius 1 is 0.895 bits per heavy atom. The summed E-state index contributed by atoms with van der Waals surface area (Å²) in [5.74, 6) is 0. The Morgan fingerprint density at radius 3 is 2.37 bits per heavy atom. The Kier molecular flexibility index (Phi) is 7.53. The molecule has 1 aromatic rings. The van der Waals surface area contributed by atoms with Gasteiger partial charge in [-0.2, -0.15) is 5.26 Å². The summed E-state index contributed by atoms with van der Waals surface area (Å²) in [4.78, 5) is 0. The Balaban J connectivity index is 3.20. The van der Waals surface area contributed by atoms with Gasteiger partial charge < -0.3 is 4.52 Å². The van der Waals surface area contributed by atoms with E-state index >= 15 is 0 Å². The van der Waals surface area contributed by atoms with Crippen molar-refractivity contribution in [3.8, 4) is 6.07 Å². The van der Waals surface area contributed by atoms with Gasteiger partial charge in [0, 0.05) is 0 Å². The third kappa shape index (κ3) is 7.82. The fourth-order valence-corrected chi connectivity index (χ4v) is 0.975. The van der Waals surface area contributed by atoms with Gasteiger partial charge in [0.05, 0.1) is 23.1 Å². The molecular formula is C14H12N4O. The second-order valence-electron chi connectivity index (χ2n) is 3.12. The van der Waals surface area contributed by atoms with Gasteiger partial charge in [0.25, 0.3) is 0 Å². The van der Waals surface area contributed by atoms with E-state index in [1.807, 2.05) is 24.3 Å². The minimum atomic E-state index is 0.505. The first-order valence-corrected chi connectivity index (χ1v) is 5.46. The molecule has 1 rings (SSSR count). The smallest absolute Gasteiger partial charge is 0.124 e. The SMILES string of the molecule is N#Cc1ccccccccconnnccc1. The topological polar surface area (TPSA) is 75.6 Å². The summed E-state index contributed by atoms with van der Waals surface area (Å²) in [5.41, 5.74) is 0.505. The third-order valence-corrected chi connectivity index (χ3v) is 1.77. The van der Waals surface area contributed by atoms with Gasteiger partial charge in [-0.25, -0.2) is 0 Å². The Labute approximate surface area is 111 Å². The normalized spacial score (nSPS) is 7.95. The summed E-state index contributed by atoms with van der Waals surface area (Å²) in [5, 5.41) is 19.2. The molecule has 0 spiro atoms. The summed E-state index contributed by atoms with van der Waals surface area (Å²) in [6, 6.07) is 19.5. The van der Waals surface area contributed by atoms with Crippen LogP contribution in [-0.2, 0) is 0 Å². The van der Waals surface area contributed by atoms with Crippen LogP contribution in [0.25, 0.3) is 0 Å². The van der Waals surface area contributed by atoms with Crippen LogP contribution in [0.15, 0.2) is 77.6 Å². The maximum Gasteiger partial charge on any atom is 0.124 e. The van der Waals surface area contributed by atoms with E-state index in [9.17, 15) is 0 Å². The molecule has 1 heterocycles. The van der Waals surface area contributed by atoms with Crippen molar-refractivity contribution >= 4 is 0 Å². The van der Waals surface area contributed by atoms with Crippen molar-refractivity contribution in [3.05, 3.63) is 78.7 Å². The maximum atomic E-state index is 8.87. The van der Waals surface area contributed by atoms with E-state index in [1.165, 1.54) is 12.5 Å². The van der Waals surface area contributed by atoms with Crippen LogP contribution in [0.1, 0.15) is 5.56 Å². The molecule has 0 radical (unpaired) electrons. The lowest BCUT2D eigenvalue weighted by Gasteiger charge is -1.75. The van der Waals surface area contributed by atoms with E-state index in [4.69, 9.17) is 5.26 Å². The average Bonchev–Trinajstić information content (AvgIpc) is 2.44. The van der Waals surface area contributed by atoms with Gasteiger partial charge >= 0.3 is 0 Å². The highest BCUT2D eigenvalue weighted by Crippen LogP contribution is 1.89. The first-order valence-electron chi connectivity index (χ1n) is 5.46. The van der Waals surface area contributed by atoms with Crippen LogP contribution in [0.3, 0.4) is 0 Å². The molecule has 0 aliphatic carbocycles. The quantitative estimate of drug-likeness (QED) is 0.709. The first-order chi connectivity index (χ1) is 9.43. The number of hydrogen-bond donors (Lipinski definition) is 0. The zero-order valence-electron chi connectivity index (χ0n) is 10.1. The fraction of sp³-hybridized carbons (Fsp3) is 0. The minimum Gasteiger partial charge on any atom is -0.346 e. The predicted molar refractivity (Wildman–Crippen MR) is 69.7 cm³/mol. The van der Waals surface area contributed by atoms with Crippen molar-refractivity contribution in [2.24, 2.45) is 0 Å². The van der Waals surface area contributed by atoms with Crippen molar-refractivity contribution in [1.29, 1.82) is 5.26 Å². The second kappa shape index (κ2) is 10.2. The van der Waals surface area contributed by atoms with E-state index in [-0.39, 0.29) is 0 Å². The van der Waals surface area contributed by atoms with Crippen molar-refractivity contribution in [2.75, 3.05) is 0 Å². The van der Waals surface area contributed by atoms with Crippen LogP contribution in [0, 0.1) is 11.3 Å². The molecule has 0 saturated carbocycles. The summed E-state index contributed by atoms with van der Waals surface area (Å²) in [6.07, 6.45) is 2.78. The number of nitriles is 1. The van der Waals surface area contributed by atoms with Gasteiger partial charge in [0.1, 0.15) is 6.26 Å². The van der Waals surface area contributed by atoms with Crippen LogP contribution in [0.5, 0.6) is 0 Å². The standard InChI is InChI=1S/C14H12N4O/c15-13-14-9-6-4-2-1-3-5-7-12-19-18-17-16-11-8-10-14/h1-12H. The molecule has 0 aromatic carbocycles. The molecule has 0 aliphatic heterocycles. The van der Waals surface area contributed by atoms with Crippen LogP contribution >= 0.6 is 0 Å². The molecule has 0 fully saturated rings. The van der Waals surface area contributed by atoms with Gasteiger partial charge in [-0.05, 0) is 29.5 Å². The summed E-state index contributed by atoms with van der Waals surface area (Å²) in [7, 11) is 0. The molecule has 5 heteroatoms. The van der Waals surface area contributed by atoms with Gasteiger partial charge in [-0.15, -0.1) is 5.10 Å². The van der Waals surface area contributed by atoms with Crippen LogP contribution in [-0.4, -0.2) is 15.6 Å². The number of hydrogen-bond acceptors (Lipinski definition) is 5. The molecule has 0 N–H and O–H groups in total. The zero-order chi connectivity index (χ0) is 13.6. The van der Waals surface area contributed by atoms with Crippen molar-refractivity contribution in [1.82, 2.24) is 15.6 Å². The van der Waals surface area contributed by atoms with E-state index in [0.717, 1.165) is 0 Å². The Hall–Kier alpha value is -3.00. The van der Waals surface area contributed by atoms with E-state index in [0.29, 0.717) is 5.56 Å². The molecule has 94 valence electrons. The largest absolute Gasteiger partial charge is 0.346 e. The average molecular weight is 252 g/mol. The minimum absolute atomic E-state index is 0.505. The molecule has 19 heavy (non-hydrogen) atoms. The first kappa shape index (κ1) is 14.1. The van der Waals surface area contributed by atoms with Crippen molar-refractivity contribution in [2.45, 2.75) is 0 Å². The summed E-state index contributed by atoms with van der Waals surface area (Å²) < 4.78 is 4.69. The number of nitrogens with zero attached hydrogens (tertiary/aromatic N) is 4. The van der Waals surface area contributed by atoms with Crippen molar-refractivity contribution in [3.63, 3.8) is 0 Å². The van der Waals surface area contributed by atoms with E-state index in [2.05, 4.69) is 26.2 Å². The lowest BCUT2D eigenvalue weighted by Crippen LogP contribution is -1.74. The van der Waals surface area contributed by atoms with Gasteiger partial charge in [0.15, 0.2) is 0 Å². The highest BCUT2D eigenvalue weighted by Gasteiger charge is 1.77. The molecule has 0 aliphatic rings. The molecule has 0 amide bonds. The third-order valence-electron chi connectivity index (χ3n) is 1.77. The Morgan fingerprint density at radius 2 is 1.58 bits per heavy atom. The lowest BCUT2D eigenvalue weighted by molar-refractivity contribution is 0.356. The molecule has 0 saturated heterocycles. The van der Waals surface area contributed by atoms with Gasteiger partial charge in [-0.3, -0.25) is 0 Å². The molecule has 0 unspecified atom stereocenters. The van der Waals surface area contributed by atoms with Gasteiger partial charge in [-0.1, -0.05) is 36.4 Å². The monoisotopic (exact) mass is 252 g/mol. The zero-order valence-corrected chi connectivity index (χ0v) is 10.1. The lowest BCUT2D eigenvalue weighted by atomic mass is 10.3. The number of aromatic nitrogens is 3. The van der Waals surface area contributed by atoms with E-state index in [1.54, 1.807) is 36.4 Å². The predicted octanol–water partition coefficient (Wildman–Crippen LogP) is 2.71. The summed E-state index contributed by atoms with van der Waals surface area (Å²) in [6.45, 7) is 0. The van der Waals surface area contributed by atoms with Crippen LogP contribution in [0.4, 0.5) is 0 Å². The summed E-state index contributed by atoms with van der Waals surface area (Å²) >= 11 is 0. The van der Waals surface area contributed by atoms with Crippen LogP contribution < -0.4 is 0 Å². The Bertz CT molecular complexity index is 544. The van der Waals surface area contributed by atoms with Crippen LogP contribution in [0.2, 0.25) is 0 Å². The molecule has 5 nitrogen and oxygen atoms in total. The number of rotatable bonds is 0.